The van der Waals surface area contributed by atoms with Crippen LogP contribution in [0.25, 0.3) is 0 Å². The monoisotopic (exact) mass is 319 g/mol. The van der Waals surface area contributed by atoms with E-state index in [-0.39, 0.29) is 11.5 Å². The third kappa shape index (κ3) is 3.38. The van der Waals surface area contributed by atoms with Crippen molar-refractivity contribution in [3.63, 3.8) is 0 Å². The molecule has 1 aliphatic heterocycles. The fraction of sp³-hybridized carbons (Fsp3) is 0.429. The number of hydrogen-bond donors (Lipinski definition) is 2. The molecule has 3 N–H and O–H groups in total. The van der Waals surface area contributed by atoms with Gasteiger partial charge in [0.05, 0.1) is 18.1 Å². The lowest BCUT2D eigenvalue weighted by atomic mass is 10.1. The van der Waals surface area contributed by atoms with Crippen LogP contribution in [-0.2, 0) is 7.05 Å². The molecule has 0 aromatic carbocycles. The van der Waals surface area contributed by atoms with E-state index in [1.807, 2.05) is 4.90 Å². The van der Waals surface area contributed by atoms with E-state index in [1.54, 1.807) is 24.1 Å². The quantitative estimate of drug-likeness (QED) is 0.871. The first-order valence-corrected chi connectivity index (χ1v) is 7.34. The second kappa shape index (κ2) is 6.19. The highest BCUT2D eigenvalue weighted by molar-refractivity contribution is 5.96. The minimum atomic E-state index is -0.767. The fourth-order valence-corrected chi connectivity index (χ4v) is 2.50. The molecule has 3 heterocycles. The van der Waals surface area contributed by atoms with Crippen molar-refractivity contribution in [2.24, 2.45) is 12.8 Å². The van der Waals surface area contributed by atoms with Crippen molar-refractivity contribution >= 4 is 23.2 Å². The van der Waals surface area contributed by atoms with Gasteiger partial charge in [0.15, 0.2) is 11.5 Å². The largest absolute Gasteiger partial charge is 0.364 e. The lowest BCUT2D eigenvalue weighted by molar-refractivity contribution is 0.0996. The lowest BCUT2D eigenvalue weighted by Crippen LogP contribution is -2.35. The molecule has 2 aromatic rings. The molecule has 8 nitrogen and oxygen atoms in total. The Morgan fingerprint density at radius 2 is 2.13 bits per heavy atom. The summed E-state index contributed by atoms with van der Waals surface area (Å²) in [5, 5.41) is 7.05. The Bertz CT molecular complexity index is 709. The molecule has 2 aromatic heterocycles. The third-order valence-electron chi connectivity index (χ3n) is 3.71. The lowest BCUT2D eigenvalue weighted by Gasteiger charge is -2.29. The van der Waals surface area contributed by atoms with Crippen LogP contribution in [0.2, 0.25) is 0 Å². The number of aromatic nitrogens is 4. The van der Waals surface area contributed by atoms with Crippen LogP contribution in [0.3, 0.4) is 0 Å². The smallest absolute Gasteiger partial charge is 0.271 e. The van der Waals surface area contributed by atoms with Gasteiger partial charge in [0, 0.05) is 26.3 Å². The first-order valence-electron chi connectivity index (χ1n) is 7.34. The molecule has 1 aliphatic rings. The van der Waals surface area contributed by atoms with E-state index < -0.39 is 12.1 Å². The summed E-state index contributed by atoms with van der Waals surface area (Å²) in [6, 6.07) is 0. The summed E-state index contributed by atoms with van der Waals surface area (Å²) in [5.74, 6) is 0.191. The maximum atomic E-state index is 13.3. The van der Waals surface area contributed by atoms with Gasteiger partial charge in [0.25, 0.3) is 5.91 Å². The highest BCUT2D eigenvalue weighted by Crippen LogP contribution is 2.23. The van der Waals surface area contributed by atoms with Gasteiger partial charge in [-0.25, -0.2) is 14.4 Å². The summed E-state index contributed by atoms with van der Waals surface area (Å²) in [5.41, 5.74) is 6.08. The minimum absolute atomic E-state index is 0.0537. The SMILES string of the molecule is Cn1cc(Nc2nc(N3CCC(F)CC3)cnc2C(N)=O)cn1. The van der Waals surface area contributed by atoms with Crippen molar-refractivity contribution in [3.05, 3.63) is 24.3 Å². The molecule has 1 amide bonds. The van der Waals surface area contributed by atoms with E-state index in [0.717, 1.165) is 0 Å². The van der Waals surface area contributed by atoms with Crippen molar-refractivity contribution in [1.29, 1.82) is 0 Å². The fourth-order valence-electron chi connectivity index (χ4n) is 2.50. The third-order valence-corrected chi connectivity index (χ3v) is 3.71. The second-order valence-corrected chi connectivity index (χ2v) is 5.48. The van der Waals surface area contributed by atoms with Gasteiger partial charge in [-0.1, -0.05) is 0 Å². The number of amides is 1. The number of carbonyl (C=O) groups excluding carboxylic acids is 1. The molecule has 0 atom stereocenters. The molecule has 122 valence electrons. The van der Waals surface area contributed by atoms with Crippen LogP contribution in [0, 0.1) is 0 Å². The summed E-state index contributed by atoms with van der Waals surface area (Å²) in [4.78, 5) is 22.0. The van der Waals surface area contributed by atoms with E-state index in [2.05, 4.69) is 20.4 Å². The van der Waals surface area contributed by atoms with Gasteiger partial charge in [-0.05, 0) is 12.8 Å². The van der Waals surface area contributed by atoms with Crippen molar-refractivity contribution < 1.29 is 9.18 Å². The van der Waals surface area contributed by atoms with Crippen LogP contribution < -0.4 is 16.0 Å². The van der Waals surface area contributed by atoms with Crippen molar-refractivity contribution in [3.8, 4) is 0 Å². The highest BCUT2D eigenvalue weighted by atomic mass is 19.1. The summed E-state index contributed by atoms with van der Waals surface area (Å²) < 4.78 is 14.9. The summed E-state index contributed by atoms with van der Waals surface area (Å²) in [7, 11) is 1.78. The molecule has 23 heavy (non-hydrogen) atoms. The standard InChI is InChI=1S/C14H18FN7O/c1-21-8-10(6-18-21)19-14-12(13(16)23)17-7-11(20-14)22-4-2-9(15)3-5-22/h6-9H,2-5H2,1H3,(H2,16,23)(H,19,20). The van der Waals surface area contributed by atoms with Crippen molar-refractivity contribution in [2.75, 3.05) is 23.3 Å². The van der Waals surface area contributed by atoms with Crippen LogP contribution in [0.15, 0.2) is 18.6 Å². The number of hydrogen-bond acceptors (Lipinski definition) is 6. The van der Waals surface area contributed by atoms with Crippen LogP contribution >= 0.6 is 0 Å². The Morgan fingerprint density at radius 3 is 2.74 bits per heavy atom. The minimum Gasteiger partial charge on any atom is -0.364 e. The zero-order valence-electron chi connectivity index (χ0n) is 12.7. The molecule has 0 unspecified atom stereocenters. The zero-order valence-corrected chi connectivity index (χ0v) is 12.7. The first kappa shape index (κ1) is 15.2. The molecule has 9 heteroatoms. The Kier molecular flexibility index (Phi) is 4.09. The highest BCUT2D eigenvalue weighted by Gasteiger charge is 2.21. The molecular formula is C14H18FN7O. The Labute approximate surface area is 132 Å². The summed E-state index contributed by atoms with van der Waals surface area (Å²) >= 11 is 0. The maximum Gasteiger partial charge on any atom is 0.271 e. The predicted octanol–water partition coefficient (Wildman–Crippen LogP) is 0.991. The van der Waals surface area contributed by atoms with Gasteiger partial charge in [0.2, 0.25) is 0 Å². The number of aryl methyl sites for hydroxylation is 1. The number of primary amides is 1. The van der Waals surface area contributed by atoms with Gasteiger partial charge in [-0.3, -0.25) is 9.48 Å². The predicted molar refractivity (Wildman–Crippen MR) is 83.4 cm³/mol. The van der Waals surface area contributed by atoms with Gasteiger partial charge < -0.3 is 16.0 Å². The number of anilines is 3. The topological polar surface area (TPSA) is 102 Å². The molecule has 1 saturated heterocycles. The van der Waals surface area contributed by atoms with E-state index in [9.17, 15) is 9.18 Å². The number of halogens is 1. The Morgan fingerprint density at radius 1 is 1.39 bits per heavy atom. The van der Waals surface area contributed by atoms with Crippen LogP contribution in [0.1, 0.15) is 23.3 Å². The van der Waals surface area contributed by atoms with Gasteiger partial charge >= 0.3 is 0 Å². The van der Waals surface area contributed by atoms with Crippen LogP contribution in [0.4, 0.5) is 21.7 Å². The number of nitrogens with zero attached hydrogens (tertiary/aromatic N) is 5. The van der Waals surface area contributed by atoms with Crippen molar-refractivity contribution in [2.45, 2.75) is 19.0 Å². The Hall–Kier alpha value is -2.71. The summed E-state index contributed by atoms with van der Waals surface area (Å²) in [6.07, 6.45) is 5.00. The zero-order chi connectivity index (χ0) is 16.4. The molecule has 0 bridgehead atoms. The maximum absolute atomic E-state index is 13.3. The molecule has 3 rings (SSSR count). The molecule has 0 radical (unpaired) electrons. The summed E-state index contributed by atoms with van der Waals surface area (Å²) in [6.45, 7) is 1.14. The molecule has 0 aliphatic carbocycles. The number of nitrogens with one attached hydrogen (secondary N) is 1. The average Bonchev–Trinajstić information content (AvgIpc) is 2.93. The van der Waals surface area contributed by atoms with Gasteiger partial charge in [-0.2, -0.15) is 5.10 Å². The molecular weight excluding hydrogens is 301 g/mol. The van der Waals surface area contributed by atoms with E-state index >= 15 is 0 Å². The Balaban J connectivity index is 1.88. The van der Waals surface area contributed by atoms with Gasteiger partial charge in [-0.15, -0.1) is 0 Å². The first-order chi connectivity index (χ1) is 11.0. The number of piperidine rings is 1. The normalized spacial score (nSPS) is 15.7. The molecule has 0 spiro atoms. The van der Waals surface area contributed by atoms with Crippen LogP contribution in [-0.4, -0.2) is 44.9 Å². The van der Waals surface area contributed by atoms with E-state index in [1.165, 1.54) is 6.20 Å². The van der Waals surface area contributed by atoms with Gasteiger partial charge in [0.1, 0.15) is 12.0 Å². The average molecular weight is 319 g/mol. The number of alkyl halides is 1. The van der Waals surface area contributed by atoms with E-state index in [4.69, 9.17) is 5.73 Å². The number of rotatable bonds is 4. The van der Waals surface area contributed by atoms with Crippen molar-refractivity contribution in [1.82, 2.24) is 19.7 Å². The molecule has 0 saturated carbocycles. The number of nitrogens with two attached hydrogens (primary N) is 1. The second-order valence-electron chi connectivity index (χ2n) is 5.48. The molecule has 1 fully saturated rings. The number of carbonyl (C=O) groups is 1. The van der Waals surface area contributed by atoms with E-state index in [0.29, 0.717) is 37.4 Å². The van der Waals surface area contributed by atoms with Crippen LogP contribution in [0.5, 0.6) is 0 Å².